The number of nitro benzene ring substituents is 2. The van der Waals surface area contributed by atoms with Gasteiger partial charge in [-0.1, -0.05) is 12.2 Å². The molecule has 0 spiro atoms. The van der Waals surface area contributed by atoms with Gasteiger partial charge in [-0.25, -0.2) is 8.78 Å². The van der Waals surface area contributed by atoms with Crippen LogP contribution in [0.2, 0.25) is 6.32 Å². The molecule has 0 aliphatic carbocycles. The summed E-state index contributed by atoms with van der Waals surface area (Å²) in [5.41, 5.74) is -0.689. The molecule has 3 rings (SSSR count). The number of ether oxygens (including phenoxy) is 2. The number of benzene rings is 2. The zero-order valence-corrected chi connectivity index (χ0v) is 24.8. The van der Waals surface area contributed by atoms with E-state index in [4.69, 9.17) is 14.0 Å². The molecule has 2 aromatic rings. The molecule has 0 aromatic heterocycles. The lowest BCUT2D eigenvalue weighted by Crippen LogP contribution is -2.41. The van der Waals surface area contributed by atoms with Crippen LogP contribution in [-0.4, -0.2) is 42.4 Å². The van der Waals surface area contributed by atoms with Crippen LogP contribution in [0.1, 0.15) is 33.3 Å². The zero-order valence-electron chi connectivity index (χ0n) is 23.2. The van der Waals surface area contributed by atoms with Crippen LogP contribution >= 0.6 is 15.9 Å². The predicted molar refractivity (Wildman–Crippen MR) is 152 cm³/mol. The van der Waals surface area contributed by atoms with Crippen LogP contribution in [0.4, 0.5) is 20.2 Å². The van der Waals surface area contributed by atoms with Gasteiger partial charge in [0.2, 0.25) is 0 Å². The molecule has 1 saturated heterocycles. The van der Waals surface area contributed by atoms with Crippen LogP contribution in [0.3, 0.4) is 0 Å². The molecule has 1 heterocycles. The van der Waals surface area contributed by atoms with Gasteiger partial charge in [-0.2, -0.15) is 0 Å². The third-order valence-electron chi connectivity index (χ3n) is 5.99. The molecule has 40 heavy (non-hydrogen) atoms. The summed E-state index contributed by atoms with van der Waals surface area (Å²) in [5, 5.41) is 21.1. The lowest BCUT2D eigenvalue weighted by atomic mass is 9.85. The quantitative estimate of drug-likeness (QED) is 0.130. The summed E-state index contributed by atoms with van der Waals surface area (Å²) < 4.78 is 47.0. The normalized spacial score (nSPS) is 14.6. The second-order valence-corrected chi connectivity index (χ2v) is 10.1. The van der Waals surface area contributed by atoms with Crippen molar-refractivity contribution < 1.29 is 37.4 Å². The molecule has 2 aromatic carbocycles. The molecule has 1 aliphatic heterocycles. The summed E-state index contributed by atoms with van der Waals surface area (Å²) in [5.74, 6) is -1.30. The number of methoxy groups -OCH3 is 2. The molecule has 14 heteroatoms. The van der Waals surface area contributed by atoms with Crippen molar-refractivity contribution in [1.29, 1.82) is 0 Å². The van der Waals surface area contributed by atoms with Gasteiger partial charge in [0.15, 0.2) is 11.5 Å². The van der Waals surface area contributed by atoms with Gasteiger partial charge < -0.3 is 18.8 Å². The first-order valence-corrected chi connectivity index (χ1v) is 12.6. The van der Waals surface area contributed by atoms with E-state index >= 15 is 0 Å². The highest BCUT2D eigenvalue weighted by Gasteiger charge is 2.50. The van der Waals surface area contributed by atoms with Gasteiger partial charge in [-0.3, -0.25) is 20.2 Å². The molecule has 0 amide bonds. The Morgan fingerprint density at radius 1 is 0.900 bits per heavy atom. The molecule has 1 fully saturated rings. The Balaban J connectivity index is 0.000000302. The van der Waals surface area contributed by atoms with E-state index in [0.29, 0.717) is 0 Å². The smallest absolute Gasteiger partial charge is 0.461 e. The van der Waals surface area contributed by atoms with Crippen LogP contribution < -0.4 is 9.47 Å². The van der Waals surface area contributed by atoms with E-state index in [1.807, 2.05) is 6.08 Å². The predicted octanol–water partition coefficient (Wildman–Crippen LogP) is 7.24. The van der Waals surface area contributed by atoms with Gasteiger partial charge in [0.1, 0.15) is 11.6 Å². The highest BCUT2D eigenvalue weighted by Crippen LogP contribution is 2.37. The Hall–Kier alpha value is -3.36. The number of nitrogens with zero attached hydrogens (tertiary/aromatic N) is 2. The number of rotatable bonds is 8. The lowest BCUT2D eigenvalue weighted by Gasteiger charge is -2.32. The largest absolute Gasteiger partial charge is 0.490 e. The average Bonchev–Trinajstić information content (AvgIpc) is 3.07. The SMILES string of the molecule is C=CCB1OC(C)(C)C(C)(C)O1.C=CCc1cc([N+](=O)[O-])c(OC)cc1F.COc1cc(F)c(Br)cc1[N+](=O)[O-]. The third kappa shape index (κ3) is 9.10. The minimum atomic E-state index is -0.636. The van der Waals surface area contributed by atoms with Gasteiger partial charge in [0.25, 0.3) is 0 Å². The number of nitro groups is 2. The van der Waals surface area contributed by atoms with Crippen molar-refractivity contribution >= 4 is 34.4 Å². The van der Waals surface area contributed by atoms with Gasteiger partial charge in [0, 0.05) is 30.6 Å². The topological polar surface area (TPSA) is 123 Å². The lowest BCUT2D eigenvalue weighted by molar-refractivity contribution is -0.386. The van der Waals surface area contributed by atoms with Gasteiger partial charge in [-0.05, 0) is 55.6 Å². The molecule has 218 valence electrons. The molecule has 0 N–H and O–H groups in total. The van der Waals surface area contributed by atoms with Crippen molar-refractivity contribution in [3.63, 3.8) is 0 Å². The highest BCUT2D eigenvalue weighted by molar-refractivity contribution is 9.10. The van der Waals surface area contributed by atoms with Crippen molar-refractivity contribution in [2.45, 2.75) is 51.6 Å². The van der Waals surface area contributed by atoms with Crippen molar-refractivity contribution in [2.24, 2.45) is 0 Å². The second kappa shape index (κ2) is 14.9. The Labute approximate surface area is 240 Å². The summed E-state index contributed by atoms with van der Waals surface area (Å²) >= 11 is 2.84. The van der Waals surface area contributed by atoms with Gasteiger partial charge in [0.05, 0.1) is 39.7 Å². The summed E-state index contributed by atoms with van der Waals surface area (Å²) in [6.07, 6.45) is 4.31. The van der Waals surface area contributed by atoms with Crippen LogP contribution in [0.15, 0.2) is 54.0 Å². The first kappa shape index (κ1) is 34.7. The third-order valence-corrected chi connectivity index (χ3v) is 6.60. The summed E-state index contributed by atoms with van der Waals surface area (Å²) in [6.45, 7) is 15.3. The molecule has 1 aliphatic rings. The molecule has 10 nitrogen and oxygen atoms in total. The molecule has 0 radical (unpaired) electrons. The summed E-state index contributed by atoms with van der Waals surface area (Å²) in [7, 11) is 2.39. The Bertz CT molecular complexity index is 1230. The summed E-state index contributed by atoms with van der Waals surface area (Å²) in [6, 6.07) is 4.20. The van der Waals surface area contributed by atoms with Gasteiger partial charge >= 0.3 is 18.5 Å². The fraction of sp³-hybridized carbons (Fsp3) is 0.385. The average molecular weight is 629 g/mol. The maximum absolute atomic E-state index is 13.3. The first-order valence-electron chi connectivity index (χ1n) is 11.8. The minimum absolute atomic E-state index is 0.0417. The van der Waals surface area contributed by atoms with Crippen LogP contribution in [-0.2, 0) is 15.7 Å². The van der Waals surface area contributed by atoms with Crippen molar-refractivity contribution in [2.75, 3.05) is 14.2 Å². The Kier molecular flexibility index (Phi) is 12.9. The Morgan fingerprint density at radius 2 is 1.35 bits per heavy atom. The van der Waals surface area contributed by atoms with Crippen LogP contribution in [0.25, 0.3) is 0 Å². The Morgan fingerprint density at radius 3 is 1.75 bits per heavy atom. The first-order chi connectivity index (χ1) is 18.5. The van der Waals surface area contributed by atoms with Gasteiger partial charge in [-0.15, -0.1) is 13.2 Å². The molecule has 0 bridgehead atoms. The van der Waals surface area contributed by atoms with E-state index in [0.717, 1.165) is 30.6 Å². The number of allylic oxidation sites excluding steroid dienone is 2. The second-order valence-electron chi connectivity index (χ2n) is 9.27. The monoisotopic (exact) mass is 628 g/mol. The van der Waals surface area contributed by atoms with Crippen molar-refractivity contribution in [1.82, 2.24) is 0 Å². The maximum Gasteiger partial charge on any atom is 0.461 e. The van der Waals surface area contributed by atoms with Crippen LogP contribution in [0, 0.1) is 31.9 Å². The van der Waals surface area contributed by atoms with E-state index in [9.17, 15) is 29.0 Å². The number of hydrogen-bond acceptors (Lipinski definition) is 8. The van der Waals surface area contributed by atoms with E-state index < -0.39 is 21.5 Å². The van der Waals surface area contributed by atoms with E-state index in [1.165, 1.54) is 20.3 Å². The van der Waals surface area contributed by atoms with E-state index in [2.05, 4.69) is 61.5 Å². The zero-order chi connectivity index (χ0) is 30.8. The minimum Gasteiger partial charge on any atom is -0.490 e. The summed E-state index contributed by atoms with van der Waals surface area (Å²) in [4.78, 5) is 19.8. The van der Waals surface area contributed by atoms with Crippen molar-refractivity contribution in [3.05, 3.63) is 91.5 Å². The molecule has 0 saturated carbocycles. The molecular formula is C26H32BBrF2N2O8. The molecule has 0 unspecified atom stereocenters. The standard InChI is InChI=1S/C10H10FNO3.C9H17BO2.C7H5BrFNO3/c1-3-4-7-5-9(12(13)14)10(15-2)6-8(7)11;1-6-7-10-11-8(2,3)9(4,5)12-10;1-13-7-3-5(9)4(8)2-6(7)10(11)12/h3,5-6H,1,4H2,2H3;6H,1,7H2,2-5H3;2-3H,1H3. The molecule has 0 atom stereocenters. The highest BCUT2D eigenvalue weighted by atomic mass is 79.9. The maximum atomic E-state index is 13.3. The number of halogens is 3. The molecular weight excluding hydrogens is 597 g/mol. The fourth-order valence-corrected chi connectivity index (χ4v) is 3.56. The number of hydrogen-bond donors (Lipinski definition) is 0. The fourth-order valence-electron chi connectivity index (χ4n) is 3.23. The van der Waals surface area contributed by atoms with Crippen LogP contribution in [0.5, 0.6) is 11.5 Å². The van der Waals surface area contributed by atoms with E-state index in [-0.39, 0.29) is 57.7 Å². The van der Waals surface area contributed by atoms with Crippen molar-refractivity contribution in [3.8, 4) is 11.5 Å². The van der Waals surface area contributed by atoms with E-state index in [1.54, 1.807) is 0 Å².